The molecule has 17 heavy (non-hydrogen) atoms. The molecule has 0 unspecified atom stereocenters. The van der Waals surface area contributed by atoms with Gasteiger partial charge in [0.2, 0.25) is 0 Å². The molecule has 0 aliphatic carbocycles. The lowest BCUT2D eigenvalue weighted by atomic mass is 10.2. The van der Waals surface area contributed by atoms with Crippen molar-refractivity contribution in [2.75, 3.05) is 5.32 Å². The van der Waals surface area contributed by atoms with Crippen LogP contribution in [0.5, 0.6) is 0 Å². The van der Waals surface area contributed by atoms with Crippen molar-refractivity contribution in [2.24, 2.45) is 5.73 Å². The molecule has 5 heteroatoms. The first-order chi connectivity index (χ1) is 8.20. The van der Waals surface area contributed by atoms with Crippen LogP contribution in [0.1, 0.15) is 21.8 Å². The van der Waals surface area contributed by atoms with E-state index in [1.54, 1.807) is 19.1 Å². The van der Waals surface area contributed by atoms with Gasteiger partial charge in [-0.1, -0.05) is 23.4 Å². The maximum atomic E-state index is 11.8. The van der Waals surface area contributed by atoms with E-state index in [1.165, 1.54) is 0 Å². The van der Waals surface area contributed by atoms with E-state index in [1.807, 2.05) is 18.2 Å². The molecular formula is C12H13N3O2. The molecule has 2 aromatic rings. The maximum absolute atomic E-state index is 11.8. The van der Waals surface area contributed by atoms with Crippen molar-refractivity contribution in [1.29, 1.82) is 0 Å². The number of aromatic nitrogens is 1. The summed E-state index contributed by atoms with van der Waals surface area (Å²) in [4.78, 5) is 11.8. The minimum Gasteiger partial charge on any atom is -0.361 e. The second-order valence-corrected chi connectivity index (χ2v) is 3.64. The second kappa shape index (κ2) is 4.80. The Labute approximate surface area is 98.6 Å². The molecule has 0 aliphatic heterocycles. The van der Waals surface area contributed by atoms with Gasteiger partial charge in [0.1, 0.15) is 5.76 Å². The van der Waals surface area contributed by atoms with Gasteiger partial charge in [-0.05, 0) is 18.6 Å². The molecule has 3 N–H and O–H groups in total. The number of carbonyl (C=O) groups excluding carboxylic acids is 1. The molecule has 2 rings (SSSR count). The van der Waals surface area contributed by atoms with E-state index in [9.17, 15) is 4.79 Å². The third-order valence-corrected chi connectivity index (χ3v) is 2.35. The minimum atomic E-state index is -0.303. The molecule has 0 fully saturated rings. The van der Waals surface area contributed by atoms with Crippen LogP contribution in [-0.2, 0) is 6.54 Å². The molecule has 1 heterocycles. The smallest absolute Gasteiger partial charge is 0.277 e. The van der Waals surface area contributed by atoms with E-state index < -0.39 is 0 Å². The zero-order valence-corrected chi connectivity index (χ0v) is 9.43. The lowest BCUT2D eigenvalue weighted by molar-refractivity contribution is 0.101. The largest absolute Gasteiger partial charge is 0.361 e. The van der Waals surface area contributed by atoms with E-state index in [-0.39, 0.29) is 11.6 Å². The first kappa shape index (κ1) is 11.3. The standard InChI is InChI=1S/C12H13N3O2/c1-8-6-11(15-17-8)12(16)14-10-5-3-2-4-9(10)7-13/h2-6H,7,13H2,1H3,(H,14,16). The molecule has 0 radical (unpaired) electrons. The molecule has 0 saturated carbocycles. The monoisotopic (exact) mass is 231 g/mol. The number of hydrogen-bond donors (Lipinski definition) is 2. The molecule has 0 spiro atoms. The average molecular weight is 231 g/mol. The van der Waals surface area contributed by atoms with Gasteiger partial charge >= 0.3 is 0 Å². The number of benzene rings is 1. The summed E-state index contributed by atoms with van der Waals surface area (Å²) in [5, 5.41) is 6.40. The molecular weight excluding hydrogens is 218 g/mol. The lowest BCUT2D eigenvalue weighted by Gasteiger charge is -2.07. The van der Waals surface area contributed by atoms with Crippen LogP contribution in [0.3, 0.4) is 0 Å². The molecule has 0 bridgehead atoms. The molecule has 5 nitrogen and oxygen atoms in total. The zero-order valence-electron chi connectivity index (χ0n) is 9.43. The Hall–Kier alpha value is -2.14. The highest BCUT2D eigenvalue weighted by atomic mass is 16.5. The number of nitrogens with two attached hydrogens (primary N) is 1. The predicted molar refractivity (Wildman–Crippen MR) is 63.5 cm³/mol. The summed E-state index contributed by atoms with van der Waals surface area (Å²) in [5.41, 5.74) is 7.41. The van der Waals surface area contributed by atoms with Gasteiger partial charge in [0.05, 0.1) is 0 Å². The second-order valence-electron chi connectivity index (χ2n) is 3.64. The van der Waals surface area contributed by atoms with Crippen LogP contribution in [0.25, 0.3) is 0 Å². The summed E-state index contributed by atoms with van der Waals surface area (Å²) in [7, 11) is 0. The predicted octanol–water partition coefficient (Wildman–Crippen LogP) is 1.69. The number of para-hydroxylation sites is 1. The Balaban J connectivity index is 2.18. The summed E-state index contributed by atoms with van der Waals surface area (Å²) >= 11 is 0. The molecule has 1 aromatic carbocycles. The number of anilines is 1. The van der Waals surface area contributed by atoms with Gasteiger partial charge in [-0.15, -0.1) is 0 Å². The fraction of sp³-hybridized carbons (Fsp3) is 0.167. The average Bonchev–Trinajstić information content (AvgIpc) is 2.77. The van der Waals surface area contributed by atoms with Gasteiger partial charge in [0.15, 0.2) is 5.69 Å². The topological polar surface area (TPSA) is 81.2 Å². The lowest BCUT2D eigenvalue weighted by Crippen LogP contribution is -2.14. The van der Waals surface area contributed by atoms with Gasteiger partial charge in [-0.2, -0.15) is 0 Å². The van der Waals surface area contributed by atoms with Crippen molar-refractivity contribution < 1.29 is 9.32 Å². The highest BCUT2D eigenvalue weighted by molar-refractivity contribution is 6.03. The fourth-order valence-electron chi connectivity index (χ4n) is 1.48. The van der Waals surface area contributed by atoms with Crippen LogP contribution >= 0.6 is 0 Å². The molecule has 1 aromatic heterocycles. The van der Waals surface area contributed by atoms with Crippen LogP contribution in [0.15, 0.2) is 34.9 Å². The fourth-order valence-corrected chi connectivity index (χ4v) is 1.48. The maximum Gasteiger partial charge on any atom is 0.277 e. The van der Waals surface area contributed by atoms with Crippen LogP contribution < -0.4 is 11.1 Å². The number of nitrogens with zero attached hydrogens (tertiary/aromatic N) is 1. The van der Waals surface area contributed by atoms with Gasteiger partial charge in [-0.25, -0.2) is 0 Å². The SMILES string of the molecule is Cc1cc(C(=O)Nc2ccccc2CN)no1. The van der Waals surface area contributed by atoms with Crippen molar-refractivity contribution >= 4 is 11.6 Å². The Bertz CT molecular complexity index is 534. The van der Waals surface area contributed by atoms with Crippen LogP contribution in [-0.4, -0.2) is 11.1 Å². The van der Waals surface area contributed by atoms with Crippen LogP contribution in [0.4, 0.5) is 5.69 Å². The quantitative estimate of drug-likeness (QED) is 0.842. The minimum absolute atomic E-state index is 0.259. The van der Waals surface area contributed by atoms with Gasteiger partial charge in [0.25, 0.3) is 5.91 Å². The third-order valence-electron chi connectivity index (χ3n) is 2.35. The molecule has 0 saturated heterocycles. The number of hydrogen-bond acceptors (Lipinski definition) is 4. The molecule has 1 amide bonds. The summed E-state index contributed by atoms with van der Waals surface area (Å²) in [6, 6.07) is 8.96. The van der Waals surface area contributed by atoms with Crippen molar-refractivity contribution in [2.45, 2.75) is 13.5 Å². The third kappa shape index (κ3) is 2.51. The Morgan fingerprint density at radius 3 is 2.88 bits per heavy atom. The Morgan fingerprint density at radius 1 is 1.47 bits per heavy atom. The van der Waals surface area contributed by atoms with Crippen LogP contribution in [0.2, 0.25) is 0 Å². The van der Waals surface area contributed by atoms with Crippen molar-refractivity contribution in [3.05, 3.63) is 47.3 Å². The van der Waals surface area contributed by atoms with Crippen LogP contribution in [0, 0.1) is 6.92 Å². The van der Waals surface area contributed by atoms with Crippen molar-refractivity contribution in [3.8, 4) is 0 Å². The number of aryl methyl sites for hydroxylation is 1. The molecule has 88 valence electrons. The highest BCUT2D eigenvalue weighted by Gasteiger charge is 2.12. The van der Waals surface area contributed by atoms with Gasteiger partial charge < -0.3 is 15.6 Å². The van der Waals surface area contributed by atoms with E-state index in [0.29, 0.717) is 18.0 Å². The van der Waals surface area contributed by atoms with E-state index >= 15 is 0 Å². The number of nitrogens with one attached hydrogen (secondary N) is 1. The van der Waals surface area contributed by atoms with E-state index in [4.69, 9.17) is 10.3 Å². The zero-order chi connectivity index (χ0) is 12.3. The normalized spacial score (nSPS) is 10.2. The summed E-state index contributed by atoms with van der Waals surface area (Å²) in [5.74, 6) is 0.296. The van der Waals surface area contributed by atoms with Crippen molar-refractivity contribution in [3.63, 3.8) is 0 Å². The van der Waals surface area contributed by atoms with Gasteiger partial charge in [0, 0.05) is 18.3 Å². The molecule has 0 aliphatic rings. The summed E-state index contributed by atoms with van der Waals surface area (Å²) in [6.45, 7) is 2.10. The molecule has 0 atom stereocenters. The Kier molecular flexibility index (Phi) is 3.20. The summed E-state index contributed by atoms with van der Waals surface area (Å²) < 4.78 is 4.84. The van der Waals surface area contributed by atoms with Gasteiger partial charge in [-0.3, -0.25) is 4.79 Å². The highest BCUT2D eigenvalue weighted by Crippen LogP contribution is 2.15. The number of amides is 1. The number of rotatable bonds is 3. The Morgan fingerprint density at radius 2 is 2.24 bits per heavy atom. The first-order valence-corrected chi connectivity index (χ1v) is 5.23. The first-order valence-electron chi connectivity index (χ1n) is 5.23. The van der Waals surface area contributed by atoms with E-state index in [0.717, 1.165) is 5.56 Å². The van der Waals surface area contributed by atoms with Crippen molar-refractivity contribution in [1.82, 2.24) is 5.16 Å². The van der Waals surface area contributed by atoms with E-state index in [2.05, 4.69) is 10.5 Å². The summed E-state index contributed by atoms with van der Waals surface area (Å²) in [6.07, 6.45) is 0. The number of carbonyl (C=O) groups is 1.